The quantitative estimate of drug-likeness (QED) is 0.388. The normalized spacial score (nSPS) is 9.60. The fraction of sp³-hybridized carbons (Fsp3) is 0. The Kier molecular flexibility index (Phi) is 7.18. The van der Waals surface area contributed by atoms with E-state index in [4.69, 9.17) is 22.3 Å². The lowest BCUT2D eigenvalue weighted by atomic mass is 10.1. The van der Waals surface area contributed by atoms with Crippen LogP contribution in [0, 0.1) is 10.8 Å². The highest BCUT2D eigenvalue weighted by Crippen LogP contribution is 2.34. The van der Waals surface area contributed by atoms with Crippen LogP contribution in [-0.2, 0) is 0 Å². The first-order valence-electron chi connectivity index (χ1n) is 7.04. The fourth-order valence-electron chi connectivity index (χ4n) is 2.30. The topological polar surface area (TPSA) is 99.7 Å². The molecular weight excluding hydrogens is 375 g/mol. The van der Waals surface area contributed by atoms with Gasteiger partial charge in [0.2, 0.25) is 0 Å². The highest BCUT2D eigenvalue weighted by atomic mass is 35.5. The molecule has 3 aromatic rings. The van der Waals surface area contributed by atoms with Crippen molar-refractivity contribution in [2.75, 3.05) is 0 Å². The smallest absolute Gasteiger partial charge is 0.122 e. The molecule has 1 heterocycles. The van der Waals surface area contributed by atoms with Crippen LogP contribution >= 0.6 is 36.2 Å². The van der Waals surface area contributed by atoms with Gasteiger partial charge < -0.3 is 11.5 Å². The van der Waals surface area contributed by atoms with Crippen molar-refractivity contribution in [2.24, 2.45) is 11.5 Å². The summed E-state index contributed by atoms with van der Waals surface area (Å²) in [6, 6.07) is 19.5. The third kappa shape index (κ3) is 4.60. The molecule has 4 nitrogen and oxygen atoms in total. The number of rotatable bonds is 4. The van der Waals surface area contributed by atoms with Gasteiger partial charge in [-0.05, 0) is 29.3 Å². The van der Waals surface area contributed by atoms with Gasteiger partial charge in [-0.1, -0.05) is 42.5 Å². The lowest BCUT2D eigenvalue weighted by molar-refractivity contribution is 1.42. The standard InChI is InChI=1S/C18H16N4S.2ClH/c19-17(20)12-6-4-11(5-7-12)15-8-9-16(23-15)13-2-1-3-14(10-13)18(21)22;;/h1-10H,(H3,19,20)(H3,21,22);2*1H. The van der Waals surface area contributed by atoms with Crippen LogP contribution < -0.4 is 11.5 Å². The Morgan fingerprint density at radius 1 is 0.680 bits per heavy atom. The number of nitrogens with two attached hydrogens (primary N) is 2. The van der Waals surface area contributed by atoms with Crippen LogP contribution in [-0.4, -0.2) is 11.7 Å². The average molecular weight is 393 g/mol. The molecule has 0 spiro atoms. The molecule has 0 aliphatic heterocycles. The zero-order valence-corrected chi connectivity index (χ0v) is 15.6. The minimum Gasteiger partial charge on any atom is -0.384 e. The molecule has 0 radical (unpaired) electrons. The second-order valence-electron chi connectivity index (χ2n) is 5.15. The largest absolute Gasteiger partial charge is 0.384 e. The van der Waals surface area contributed by atoms with E-state index in [0.29, 0.717) is 0 Å². The molecule has 3 rings (SSSR count). The summed E-state index contributed by atoms with van der Waals surface area (Å²) < 4.78 is 0. The van der Waals surface area contributed by atoms with Crippen molar-refractivity contribution in [2.45, 2.75) is 0 Å². The Morgan fingerprint density at radius 2 is 1.24 bits per heavy atom. The van der Waals surface area contributed by atoms with Crippen LogP contribution in [0.25, 0.3) is 20.9 Å². The third-order valence-corrected chi connectivity index (χ3v) is 4.73. The van der Waals surface area contributed by atoms with Crippen molar-refractivity contribution in [3.63, 3.8) is 0 Å². The predicted molar refractivity (Wildman–Crippen MR) is 112 cm³/mol. The minimum absolute atomic E-state index is 0. The second kappa shape index (κ2) is 8.67. The number of thiophene rings is 1. The predicted octanol–water partition coefficient (Wildman–Crippen LogP) is 4.49. The Labute approximate surface area is 162 Å². The molecule has 0 unspecified atom stereocenters. The van der Waals surface area contributed by atoms with Gasteiger partial charge in [-0.3, -0.25) is 10.8 Å². The van der Waals surface area contributed by atoms with Gasteiger partial charge in [0.05, 0.1) is 0 Å². The van der Waals surface area contributed by atoms with Crippen LogP contribution in [0.3, 0.4) is 0 Å². The number of nitrogen functional groups attached to an aromatic ring is 2. The summed E-state index contributed by atoms with van der Waals surface area (Å²) in [7, 11) is 0. The summed E-state index contributed by atoms with van der Waals surface area (Å²) in [4.78, 5) is 2.27. The van der Waals surface area contributed by atoms with Gasteiger partial charge in [-0.15, -0.1) is 36.2 Å². The molecule has 0 atom stereocenters. The van der Waals surface area contributed by atoms with E-state index < -0.39 is 0 Å². The van der Waals surface area contributed by atoms with Gasteiger partial charge in [-0.25, -0.2) is 0 Å². The van der Waals surface area contributed by atoms with Gasteiger partial charge >= 0.3 is 0 Å². The molecule has 0 aliphatic carbocycles. The maximum atomic E-state index is 7.54. The zero-order valence-electron chi connectivity index (χ0n) is 13.2. The molecule has 130 valence electrons. The van der Waals surface area contributed by atoms with Crippen molar-refractivity contribution in [3.8, 4) is 20.9 Å². The molecule has 0 saturated carbocycles. The summed E-state index contributed by atoms with van der Waals surface area (Å²) in [6.45, 7) is 0. The SMILES string of the molecule is Cl.Cl.N=C(N)c1ccc(-c2ccc(-c3cccc(C(=N)N)c3)s2)cc1. The monoisotopic (exact) mass is 392 g/mol. The Hall–Kier alpha value is -2.34. The molecule has 6 N–H and O–H groups in total. The second-order valence-corrected chi connectivity index (χ2v) is 6.23. The molecule has 25 heavy (non-hydrogen) atoms. The van der Waals surface area contributed by atoms with Crippen LogP contribution in [0.4, 0.5) is 0 Å². The first-order valence-corrected chi connectivity index (χ1v) is 7.86. The Morgan fingerprint density at radius 3 is 1.80 bits per heavy atom. The van der Waals surface area contributed by atoms with E-state index in [0.717, 1.165) is 32.0 Å². The minimum atomic E-state index is 0. The van der Waals surface area contributed by atoms with E-state index in [1.54, 1.807) is 11.3 Å². The Bertz CT molecular complexity index is 888. The maximum absolute atomic E-state index is 7.54. The number of halogens is 2. The van der Waals surface area contributed by atoms with Gasteiger partial charge in [0.1, 0.15) is 11.7 Å². The van der Waals surface area contributed by atoms with E-state index in [2.05, 4.69) is 12.1 Å². The fourth-order valence-corrected chi connectivity index (χ4v) is 3.31. The molecule has 7 heteroatoms. The van der Waals surface area contributed by atoms with Crippen LogP contribution in [0.1, 0.15) is 11.1 Å². The number of hydrogen-bond acceptors (Lipinski definition) is 3. The summed E-state index contributed by atoms with van der Waals surface area (Å²) >= 11 is 1.68. The van der Waals surface area contributed by atoms with Gasteiger partial charge in [0.15, 0.2) is 0 Å². The number of benzene rings is 2. The number of hydrogen-bond donors (Lipinski definition) is 4. The highest BCUT2D eigenvalue weighted by molar-refractivity contribution is 7.18. The van der Waals surface area contributed by atoms with Gasteiger partial charge in [0, 0.05) is 20.9 Å². The van der Waals surface area contributed by atoms with Crippen molar-refractivity contribution < 1.29 is 0 Å². The van der Waals surface area contributed by atoms with Gasteiger partial charge in [-0.2, -0.15) is 0 Å². The molecule has 0 saturated heterocycles. The first-order chi connectivity index (χ1) is 11.0. The number of nitrogens with one attached hydrogen (secondary N) is 2. The van der Waals surface area contributed by atoms with E-state index in [9.17, 15) is 0 Å². The van der Waals surface area contributed by atoms with E-state index >= 15 is 0 Å². The van der Waals surface area contributed by atoms with Crippen molar-refractivity contribution in [1.29, 1.82) is 10.8 Å². The molecule has 0 bridgehead atoms. The summed E-state index contributed by atoms with van der Waals surface area (Å²) in [5, 5.41) is 15.0. The van der Waals surface area contributed by atoms with Crippen LogP contribution in [0.5, 0.6) is 0 Å². The van der Waals surface area contributed by atoms with Crippen LogP contribution in [0.2, 0.25) is 0 Å². The van der Waals surface area contributed by atoms with E-state index in [-0.39, 0.29) is 36.5 Å². The summed E-state index contributed by atoms with van der Waals surface area (Å²) in [5.41, 5.74) is 14.6. The van der Waals surface area contributed by atoms with Crippen molar-refractivity contribution in [1.82, 2.24) is 0 Å². The van der Waals surface area contributed by atoms with E-state index in [1.165, 1.54) is 0 Å². The Balaban J connectivity index is 0.00000156. The third-order valence-electron chi connectivity index (χ3n) is 3.54. The van der Waals surface area contributed by atoms with Crippen LogP contribution in [0.15, 0.2) is 60.7 Å². The molecule has 1 aromatic heterocycles. The first kappa shape index (κ1) is 20.7. The molecule has 0 aliphatic rings. The zero-order chi connectivity index (χ0) is 16.4. The molecular formula is C18H18Cl2N4S. The maximum Gasteiger partial charge on any atom is 0.122 e. The number of amidine groups is 2. The summed E-state index contributed by atoms with van der Waals surface area (Å²) in [6.07, 6.45) is 0. The highest BCUT2D eigenvalue weighted by Gasteiger charge is 2.07. The van der Waals surface area contributed by atoms with E-state index in [1.807, 2.05) is 48.5 Å². The lowest BCUT2D eigenvalue weighted by Crippen LogP contribution is -2.10. The van der Waals surface area contributed by atoms with Crippen molar-refractivity contribution in [3.05, 3.63) is 71.8 Å². The molecule has 0 fully saturated rings. The summed E-state index contributed by atoms with van der Waals surface area (Å²) in [5.74, 6) is 0.146. The average Bonchev–Trinajstić information content (AvgIpc) is 3.05. The lowest BCUT2D eigenvalue weighted by Gasteiger charge is -2.02. The van der Waals surface area contributed by atoms with Crippen molar-refractivity contribution >= 4 is 47.8 Å². The molecule has 2 aromatic carbocycles. The molecule has 0 amide bonds. The van der Waals surface area contributed by atoms with Gasteiger partial charge in [0.25, 0.3) is 0 Å².